The van der Waals surface area contributed by atoms with Crippen molar-refractivity contribution in [2.24, 2.45) is 0 Å². The molecule has 0 amide bonds. The molecule has 4 rings (SSSR count). The lowest BCUT2D eigenvalue weighted by Crippen LogP contribution is -2.21. The van der Waals surface area contributed by atoms with Gasteiger partial charge in [0.15, 0.2) is 16.8 Å². The Morgan fingerprint density at radius 3 is 2.30 bits per heavy atom. The molecule has 13 heteroatoms. The van der Waals surface area contributed by atoms with Gasteiger partial charge in [-0.15, -0.1) is 0 Å². The van der Waals surface area contributed by atoms with Gasteiger partial charge in [-0.1, -0.05) is 0 Å². The summed E-state index contributed by atoms with van der Waals surface area (Å²) >= 11 is 0. The van der Waals surface area contributed by atoms with Crippen LogP contribution in [0.3, 0.4) is 0 Å². The molecule has 120 valence electrons. The standard InChI is InChI=1S/C5H5N5O.C5H4N4O2.H3P/c6-5-9-3-2(4(11)10-5)7-1-8-3;10-4-2-3(7-1-6-2)8-5(11)9-4;/h1H,(H4,6,7,8,9,10,11);1H,(H3,6,7,8,9,10,11);1H3. The molecule has 0 radical (unpaired) electrons. The maximum atomic E-state index is 11.0. The molecule has 12 nitrogen and oxygen atoms in total. The fourth-order valence-electron chi connectivity index (χ4n) is 1.73. The molecule has 4 aromatic heterocycles. The molecule has 0 fully saturated rings. The molecule has 23 heavy (non-hydrogen) atoms. The van der Waals surface area contributed by atoms with E-state index in [0.29, 0.717) is 11.2 Å². The SMILES string of the molecule is Nc1nc2nc[nH]c2c(=O)[nH]1.O=c1[nH]c(=O)c2[nH]cnc2[nH]1.P. The maximum Gasteiger partial charge on any atom is 0.327 e. The fraction of sp³-hybridized carbons (Fsp3) is 0. The minimum absolute atomic E-state index is 0. The molecule has 0 aliphatic carbocycles. The Labute approximate surface area is 128 Å². The molecular formula is C10H12N9O3P. The maximum absolute atomic E-state index is 11.0. The lowest BCUT2D eigenvalue weighted by atomic mass is 10.5. The molecule has 0 aliphatic heterocycles. The molecule has 4 heterocycles. The minimum atomic E-state index is -0.547. The average molecular weight is 337 g/mol. The van der Waals surface area contributed by atoms with Crippen molar-refractivity contribution < 1.29 is 0 Å². The summed E-state index contributed by atoms with van der Waals surface area (Å²) in [6.45, 7) is 0. The molecule has 0 spiro atoms. The second-order valence-electron chi connectivity index (χ2n) is 4.09. The van der Waals surface area contributed by atoms with Crippen LogP contribution in [0.1, 0.15) is 0 Å². The molecular weight excluding hydrogens is 325 g/mol. The molecule has 7 N–H and O–H groups in total. The predicted octanol–water partition coefficient (Wildman–Crippen LogP) is -1.77. The first kappa shape index (κ1) is 16.1. The summed E-state index contributed by atoms with van der Waals surface area (Å²) < 4.78 is 0. The zero-order valence-corrected chi connectivity index (χ0v) is 12.9. The lowest BCUT2D eigenvalue weighted by Gasteiger charge is -1.89. The molecule has 0 saturated heterocycles. The van der Waals surface area contributed by atoms with Crippen molar-refractivity contribution in [2.45, 2.75) is 0 Å². The number of anilines is 1. The van der Waals surface area contributed by atoms with Crippen LogP contribution in [0, 0.1) is 0 Å². The summed E-state index contributed by atoms with van der Waals surface area (Å²) in [6, 6.07) is 0. The third kappa shape index (κ3) is 3.16. The van der Waals surface area contributed by atoms with E-state index in [1.807, 2.05) is 0 Å². The van der Waals surface area contributed by atoms with Gasteiger partial charge in [0.1, 0.15) is 5.52 Å². The van der Waals surface area contributed by atoms with Crippen LogP contribution >= 0.6 is 9.90 Å². The van der Waals surface area contributed by atoms with Crippen LogP contribution in [0.15, 0.2) is 27.0 Å². The fourth-order valence-corrected chi connectivity index (χ4v) is 1.73. The molecule has 0 aromatic carbocycles. The van der Waals surface area contributed by atoms with Gasteiger partial charge in [-0.3, -0.25) is 24.5 Å². The highest BCUT2D eigenvalue weighted by Crippen LogP contribution is 1.98. The Bertz CT molecular complexity index is 1120. The number of aromatic amines is 5. The van der Waals surface area contributed by atoms with Crippen molar-refractivity contribution in [2.75, 3.05) is 5.73 Å². The number of nitrogens with zero attached hydrogens (tertiary/aromatic N) is 3. The number of rotatable bonds is 0. The van der Waals surface area contributed by atoms with E-state index in [1.165, 1.54) is 12.7 Å². The predicted molar refractivity (Wildman–Crippen MR) is 87.4 cm³/mol. The molecule has 0 aliphatic rings. The summed E-state index contributed by atoms with van der Waals surface area (Å²) in [4.78, 5) is 55.8. The zero-order valence-electron chi connectivity index (χ0n) is 11.5. The molecule has 1 atom stereocenters. The first-order chi connectivity index (χ1) is 10.5. The number of nitrogen functional groups attached to an aromatic ring is 1. The summed E-state index contributed by atoms with van der Waals surface area (Å²) in [5.74, 6) is 0.0783. The van der Waals surface area contributed by atoms with Gasteiger partial charge in [-0.05, 0) is 0 Å². The third-order valence-corrected chi connectivity index (χ3v) is 2.64. The number of hydrogen-bond acceptors (Lipinski definition) is 7. The zero-order chi connectivity index (χ0) is 15.7. The van der Waals surface area contributed by atoms with E-state index in [0.717, 1.165) is 0 Å². The highest BCUT2D eigenvalue weighted by Gasteiger charge is 2.02. The van der Waals surface area contributed by atoms with E-state index in [4.69, 9.17) is 5.73 Å². The normalized spacial score (nSPS) is 10.1. The second kappa shape index (κ2) is 6.23. The number of fused-ring (bicyclic) bond motifs is 2. The van der Waals surface area contributed by atoms with Crippen molar-refractivity contribution in [3.63, 3.8) is 0 Å². The number of aromatic nitrogens is 8. The Morgan fingerprint density at radius 2 is 1.52 bits per heavy atom. The monoisotopic (exact) mass is 337 g/mol. The van der Waals surface area contributed by atoms with E-state index in [-0.39, 0.29) is 32.6 Å². The topological polar surface area (TPSA) is 195 Å². The Kier molecular flexibility index (Phi) is 4.37. The number of imidazole rings is 2. The van der Waals surface area contributed by atoms with Crippen molar-refractivity contribution in [3.05, 3.63) is 43.8 Å². The quantitative estimate of drug-likeness (QED) is 0.204. The van der Waals surface area contributed by atoms with Gasteiger partial charge >= 0.3 is 5.69 Å². The number of nitrogens with one attached hydrogen (secondary N) is 5. The summed E-state index contributed by atoms with van der Waals surface area (Å²) in [7, 11) is 0. The average Bonchev–Trinajstić information content (AvgIpc) is 3.07. The molecule has 0 bridgehead atoms. The lowest BCUT2D eigenvalue weighted by molar-refractivity contribution is 1.07. The van der Waals surface area contributed by atoms with E-state index in [2.05, 4.69) is 39.9 Å². The summed E-state index contributed by atoms with van der Waals surface area (Å²) in [5, 5.41) is 0. The van der Waals surface area contributed by atoms with Crippen LogP contribution in [0.5, 0.6) is 0 Å². The van der Waals surface area contributed by atoms with Crippen molar-refractivity contribution in [1.29, 1.82) is 0 Å². The number of nitrogens with two attached hydrogens (primary N) is 1. The van der Waals surface area contributed by atoms with Crippen molar-refractivity contribution >= 4 is 38.2 Å². The van der Waals surface area contributed by atoms with Gasteiger partial charge < -0.3 is 15.7 Å². The van der Waals surface area contributed by atoms with E-state index in [1.54, 1.807) is 0 Å². The molecule has 4 aromatic rings. The first-order valence-corrected chi connectivity index (χ1v) is 5.89. The second-order valence-corrected chi connectivity index (χ2v) is 4.09. The minimum Gasteiger partial charge on any atom is -0.369 e. The first-order valence-electron chi connectivity index (χ1n) is 5.89. The smallest absolute Gasteiger partial charge is 0.327 e. The van der Waals surface area contributed by atoms with E-state index in [9.17, 15) is 14.4 Å². The van der Waals surface area contributed by atoms with E-state index < -0.39 is 11.2 Å². The highest BCUT2D eigenvalue weighted by atomic mass is 31.0. The van der Waals surface area contributed by atoms with Crippen LogP contribution in [0.4, 0.5) is 5.95 Å². The summed E-state index contributed by atoms with van der Waals surface area (Å²) in [5.41, 5.74) is 5.20. The van der Waals surface area contributed by atoms with Crippen molar-refractivity contribution in [3.8, 4) is 0 Å². The van der Waals surface area contributed by atoms with Crippen molar-refractivity contribution in [1.82, 2.24) is 39.9 Å². The number of hydrogen-bond donors (Lipinski definition) is 6. The van der Waals surface area contributed by atoms with Gasteiger partial charge in [0, 0.05) is 0 Å². The third-order valence-electron chi connectivity index (χ3n) is 2.64. The molecule has 0 saturated carbocycles. The van der Waals surface area contributed by atoms with Crippen LogP contribution in [0.25, 0.3) is 22.3 Å². The Morgan fingerprint density at radius 1 is 0.870 bits per heavy atom. The van der Waals surface area contributed by atoms with Crippen LogP contribution in [-0.2, 0) is 0 Å². The van der Waals surface area contributed by atoms with Gasteiger partial charge in [-0.25, -0.2) is 14.8 Å². The number of H-pyrrole nitrogens is 5. The Balaban J connectivity index is 0.000000160. The Hall–Kier alpha value is -3.27. The summed E-state index contributed by atoms with van der Waals surface area (Å²) in [6.07, 6.45) is 2.74. The van der Waals surface area contributed by atoms with Crippen LogP contribution in [0.2, 0.25) is 0 Å². The van der Waals surface area contributed by atoms with Gasteiger partial charge in [0.25, 0.3) is 11.1 Å². The van der Waals surface area contributed by atoms with E-state index >= 15 is 0 Å². The van der Waals surface area contributed by atoms with Gasteiger partial charge in [0.05, 0.1) is 12.7 Å². The molecule has 1 unspecified atom stereocenters. The van der Waals surface area contributed by atoms with Gasteiger partial charge in [0.2, 0.25) is 5.95 Å². The van der Waals surface area contributed by atoms with Gasteiger partial charge in [-0.2, -0.15) is 14.9 Å². The van der Waals surface area contributed by atoms with Crippen LogP contribution in [-0.4, -0.2) is 39.9 Å². The van der Waals surface area contributed by atoms with Crippen LogP contribution < -0.4 is 22.5 Å². The largest absolute Gasteiger partial charge is 0.369 e. The highest BCUT2D eigenvalue weighted by molar-refractivity contribution is 6.92.